The minimum absolute atomic E-state index is 0.0125. The zero-order valence-corrected chi connectivity index (χ0v) is 34.3. The Kier molecular flexibility index (Phi) is 5.79. The fourth-order valence-corrected chi connectivity index (χ4v) is 9.66. The van der Waals surface area contributed by atoms with Gasteiger partial charge in [0.15, 0.2) is 0 Å². The fourth-order valence-electron chi connectivity index (χ4n) is 9.66. The van der Waals surface area contributed by atoms with E-state index in [1.807, 2.05) is 72.8 Å². The normalized spacial score (nSPS) is 14.9. The van der Waals surface area contributed by atoms with Crippen LogP contribution in [0, 0.1) is 0 Å². The molecule has 1 heterocycles. The lowest BCUT2D eigenvalue weighted by molar-refractivity contribution is 0.670. The molecular weight excluding hydrogens is 785 g/mol. The van der Waals surface area contributed by atoms with Gasteiger partial charge in [0.1, 0.15) is 11.2 Å². The highest BCUT2D eigenvalue weighted by molar-refractivity contribution is 6.23. The lowest BCUT2D eigenvalue weighted by Crippen LogP contribution is -1.91. The number of hydrogen-bond acceptors (Lipinski definition) is 1. The van der Waals surface area contributed by atoms with Crippen molar-refractivity contribution in [3.8, 4) is 66.8 Å². The van der Waals surface area contributed by atoms with E-state index >= 15 is 0 Å². The predicted octanol–water partition coefficient (Wildman–Crippen LogP) is 18.2. The first-order valence-electron chi connectivity index (χ1n) is 28.7. The summed E-state index contributed by atoms with van der Waals surface area (Å²) in [4.78, 5) is 0. The average Bonchev–Trinajstić information content (AvgIpc) is 3.97. The van der Waals surface area contributed by atoms with Crippen molar-refractivity contribution in [2.45, 2.75) is 0 Å². The van der Waals surface area contributed by atoms with Gasteiger partial charge in [-0.3, -0.25) is 0 Å². The van der Waals surface area contributed by atoms with Crippen molar-refractivity contribution in [1.82, 2.24) is 0 Å². The van der Waals surface area contributed by atoms with Gasteiger partial charge in [-0.1, -0.05) is 212 Å². The molecule has 0 radical (unpaired) electrons. The molecule has 1 aromatic heterocycles. The minimum Gasteiger partial charge on any atom is -0.455 e. The van der Waals surface area contributed by atoms with Gasteiger partial charge in [-0.25, -0.2) is 0 Å². The molecule has 1 nitrogen and oxygen atoms in total. The third kappa shape index (κ3) is 6.09. The largest absolute Gasteiger partial charge is 0.455 e. The van der Waals surface area contributed by atoms with Crippen molar-refractivity contribution in [3.63, 3.8) is 0 Å². The van der Waals surface area contributed by atoms with Crippen LogP contribution in [-0.4, -0.2) is 0 Å². The molecule has 13 rings (SSSR count). The highest BCUT2D eigenvalue weighted by atomic mass is 16.3. The van der Waals surface area contributed by atoms with Crippen LogP contribution in [0.4, 0.5) is 0 Å². The van der Waals surface area contributed by atoms with E-state index in [0.29, 0.717) is 21.9 Å². The summed E-state index contributed by atoms with van der Waals surface area (Å²) in [5, 5.41) is 8.18. The van der Waals surface area contributed by atoms with Crippen molar-refractivity contribution in [2.75, 3.05) is 0 Å². The van der Waals surface area contributed by atoms with Gasteiger partial charge in [-0.05, 0) is 135 Å². The van der Waals surface area contributed by atoms with Gasteiger partial charge in [0.05, 0.1) is 20.6 Å². The zero-order chi connectivity index (χ0) is 55.9. The van der Waals surface area contributed by atoms with Gasteiger partial charge in [-0.2, -0.15) is 0 Å². The smallest absolute Gasteiger partial charge is 0.143 e. The van der Waals surface area contributed by atoms with Gasteiger partial charge in [-0.15, -0.1) is 0 Å². The van der Waals surface area contributed by atoms with Gasteiger partial charge in [0.2, 0.25) is 0 Å². The minimum atomic E-state index is -0.535. The molecular formula is C64H40O. The topological polar surface area (TPSA) is 13.1 Å². The second kappa shape index (κ2) is 15.1. The maximum Gasteiger partial charge on any atom is 0.143 e. The molecule has 12 aromatic carbocycles. The van der Waals surface area contributed by atoms with Crippen LogP contribution in [0.25, 0.3) is 132 Å². The summed E-state index contributed by atoms with van der Waals surface area (Å²) in [7, 11) is 0. The number of rotatable bonds is 6. The molecule has 65 heavy (non-hydrogen) atoms. The summed E-state index contributed by atoms with van der Waals surface area (Å²) in [6.07, 6.45) is 0. The quantitative estimate of drug-likeness (QED) is 0.120. The van der Waals surface area contributed by atoms with Gasteiger partial charge >= 0.3 is 0 Å². The standard InChI is InChI=1S/C64H40O/c1-4-16-41(17-5-1)47-33-35-58-60(40-47)65-64-50(43-18-6-2-7-19-43)36-37-57(63(58)64)59-39-48-38-46(32-34-49(48)51-22-10-11-23-52(51)59)42-28-30-45(31-29-42)62-55-26-14-12-24-53(55)61(44-20-8-3-9-21-44)54-25-13-15-27-56(54)62/h1-40H/i1D,2D,3D,4D,5D,6D,7D,8D,9D,16D,17D,18D,19D,20D,21D. The first kappa shape index (κ1) is 24.9. The Morgan fingerprint density at radius 2 is 0.769 bits per heavy atom. The summed E-state index contributed by atoms with van der Waals surface area (Å²) in [6.45, 7) is 0. The molecule has 1 heteroatoms. The van der Waals surface area contributed by atoms with E-state index in [-0.39, 0.29) is 57.6 Å². The van der Waals surface area contributed by atoms with Gasteiger partial charge in [0.25, 0.3) is 0 Å². The van der Waals surface area contributed by atoms with Crippen LogP contribution in [0.5, 0.6) is 0 Å². The molecule has 0 aliphatic heterocycles. The molecule has 0 saturated carbocycles. The lowest BCUT2D eigenvalue weighted by atomic mass is 9.85. The molecule has 0 aliphatic carbocycles. The molecule has 0 bridgehead atoms. The molecule has 302 valence electrons. The Morgan fingerprint density at radius 1 is 0.292 bits per heavy atom. The number of furan rings is 1. The van der Waals surface area contributed by atoms with E-state index in [1.54, 1.807) is 24.3 Å². The third-order valence-electron chi connectivity index (χ3n) is 12.5. The van der Waals surface area contributed by atoms with Crippen LogP contribution in [0.3, 0.4) is 0 Å². The van der Waals surface area contributed by atoms with Crippen molar-refractivity contribution in [1.29, 1.82) is 0 Å². The van der Waals surface area contributed by atoms with E-state index in [1.165, 1.54) is 0 Å². The Bertz CT molecular complexity index is 4750. The number of hydrogen-bond donors (Lipinski definition) is 0. The predicted molar refractivity (Wildman–Crippen MR) is 276 cm³/mol. The summed E-state index contributed by atoms with van der Waals surface area (Å²) in [6, 6.07) is 42.6. The monoisotopic (exact) mass is 839 g/mol. The van der Waals surface area contributed by atoms with Crippen LogP contribution in [0.1, 0.15) is 20.6 Å². The van der Waals surface area contributed by atoms with Crippen LogP contribution in [-0.2, 0) is 0 Å². The third-order valence-corrected chi connectivity index (χ3v) is 12.5. The van der Waals surface area contributed by atoms with E-state index in [0.717, 1.165) is 76.5 Å². The molecule has 0 fully saturated rings. The van der Waals surface area contributed by atoms with E-state index in [2.05, 4.69) is 54.6 Å². The molecule has 0 saturated heterocycles. The summed E-state index contributed by atoms with van der Waals surface area (Å²) >= 11 is 0. The number of fused-ring (bicyclic) bond motifs is 8. The Hall–Kier alpha value is -8.52. The lowest BCUT2D eigenvalue weighted by Gasteiger charge is -2.18. The highest BCUT2D eigenvalue weighted by Gasteiger charge is 2.21. The molecule has 0 N–H and O–H groups in total. The van der Waals surface area contributed by atoms with Crippen LogP contribution in [0.15, 0.2) is 247 Å². The Balaban J connectivity index is 0.989. The fraction of sp³-hybridized carbons (Fsp3) is 0. The second-order valence-corrected chi connectivity index (χ2v) is 16.0. The second-order valence-electron chi connectivity index (χ2n) is 16.0. The average molecular weight is 840 g/mol. The van der Waals surface area contributed by atoms with Crippen molar-refractivity contribution >= 4 is 65.0 Å². The van der Waals surface area contributed by atoms with Crippen LogP contribution >= 0.6 is 0 Å². The summed E-state index contributed by atoms with van der Waals surface area (Å²) in [5.74, 6) is 0. The first-order chi connectivity index (χ1) is 38.5. The van der Waals surface area contributed by atoms with Crippen molar-refractivity contribution in [3.05, 3.63) is 242 Å². The summed E-state index contributed by atoms with van der Waals surface area (Å²) < 4.78 is 136. The van der Waals surface area contributed by atoms with E-state index in [9.17, 15) is 0 Å². The maximum absolute atomic E-state index is 8.99. The molecule has 0 atom stereocenters. The number of benzene rings is 12. The molecule has 13 aromatic rings. The van der Waals surface area contributed by atoms with Gasteiger partial charge in [0, 0.05) is 16.3 Å². The molecule has 0 aliphatic rings. The SMILES string of the molecule is [2H]c1c([2H])c([2H])c(-c2ccc3c(c2)oc2c(-c4c([2H])c([2H])c([2H])c([2H])c4[2H])ccc(-c4cc5cc(-c6ccc(-c7c8ccccc8c(-c8c([2H])c([2H])c([2H])c([2H])c8[2H])c8ccccc78)cc6)ccc5c5ccccc45)c23)c([2H])c1[2H]. The molecule has 0 unspecified atom stereocenters. The molecule has 0 amide bonds. The summed E-state index contributed by atoms with van der Waals surface area (Å²) in [5.41, 5.74) is 7.01. The van der Waals surface area contributed by atoms with Crippen molar-refractivity contribution in [2.24, 2.45) is 0 Å². The van der Waals surface area contributed by atoms with Crippen LogP contribution in [0.2, 0.25) is 0 Å². The van der Waals surface area contributed by atoms with Gasteiger partial charge < -0.3 is 4.42 Å². The zero-order valence-electron chi connectivity index (χ0n) is 49.3. The van der Waals surface area contributed by atoms with E-state index < -0.39 is 66.5 Å². The maximum atomic E-state index is 8.99. The van der Waals surface area contributed by atoms with Crippen molar-refractivity contribution < 1.29 is 25.0 Å². The molecule has 0 spiro atoms. The van der Waals surface area contributed by atoms with E-state index in [4.69, 9.17) is 25.0 Å². The first-order valence-corrected chi connectivity index (χ1v) is 21.2. The highest BCUT2D eigenvalue weighted by Crippen LogP contribution is 2.47. The van der Waals surface area contributed by atoms with Crippen LogP contribution < -0.4 is 0 Å². The Labute approximate surface area is 398 Å². The Morgan fingerprint density at radius 3 is 1.40 bits per heavy atom.